The van der Waals surface area contributed by atoms with Gasteiger partial charge in [0.15, 0.2) is 11.8 Å². The quantitative estimate of drug-likeness (QED) is 0.290. The predicted octanol–water partition coefficient (Wildman–Crippen LogP) is 3.02. The van der Waals surface area contributed by atoms with Gasteiger partial charge in [-0.05, 0) is 46.4 Å². The average Bonchev–Trinajstić information content (AvgIpc) is 3.17. The van der Waals surface area contributed by atoms with Crippen molar-refractivity contribution < 1.29 is 19.1 Å². The van der Waals surface area contributed by atoms with Crippen molar-refractivity contribution in [3.63, 3.8) is 0 Å². The highest BCUT2D eigenvalue weighted by molar-refractivity contribution is 9.10. The van der Waals surface area contributed by atoms with Crippen molar-refractivity contribution in [2.24, 2.45) is 0 Å². The second-order valence-corrected chi connectivity index (χ2v) is 8.23. The topological polar surface area (TPSA) is 99.5 Å². The average molecular weight is 498 g/mol. The number of ether oxygens (including phenoxy) is 2. The first-order valence-electron chi connectivity index (χ1n) is 8.45. The van der Waals surface area contributed by atoms with Gasteiger partial charge in [-0.3, -0.25) is 19.8 Å². The number of amides is 1. The van der Waals surface area contributed by atoms with Crippen LogP contribution in [0.1, 0.15) is 6.92 Å². The Morgan fingerprint density at radius 1 is 1.31 bits per heavy atom. The van der Waals surface area contributed by atoms with Gasteiger partial charge in [-0.25, -0.2) is 4.98 Å². The SMILES string of the molecule is CCOC(=O)CSc1nc2ccsc2c(=O)n1NC(=O)COc1ccccc1Br. The molecule has 0 saturated heterocycles. The number of hydrogen-bond donors (Lipinski definition) is 1. The Labute approximate surface area is 182 Å². The zero-order valence-corrected chi connectivity index (χ0v) is 18.4. The van der Waals surface area contributed by atoms with Crippen molar-refractivity contribution in [1.29, 1.82) is 0 Å². The zero-order valence-electron chi connectivity index (χ0n) is 15.2. The number of halogens is 1. The Hall–Kier alpha value is -2.37. The van der Waals surface area contributed by atoms with Crippen LogP contribution in [-0.4, -0.2) is 40.5 Å². The highest BCUT2D eigenvalue weighted by Crippen LogP contribution is 2.24. The van der Waals surface area contributed by atoms with E-state index < -0.39 is 17.4 Å². The number of nitrogens with one attached hydrogen (secondary N) is 1. The van der Waals surface area contributed by atoms with E-state index in [1.165, 1.54) is 11.3 Å². The molecule has 0 aliphatic carbocycles. The molecule has 0 spiro atoms. The van der Waals surface area contributed by atoms with E-state index in [9.17, 15) is 14.4 Å². The second-order valence-electron chi connectivity index (χ2n) is 5.52. The van der Waals surface area contributed by atoms with Gasteiger partial charge in [0.1, 0.15) is 10.4 Å². The summed E-state index contributed by atoms with van der Waals surface area (Å²) < 4.78 is 12.5. The fourth-order valence-electron chi connectivity index (χ4n) is 2.28. The number of benzene rings is 1. The van der Waals surface area contributed by atoms with Crippen LogP contribution in [0.15, 0.2) is 50.1 Å². The largest absolute Gasteiger partial charge is 0.483 e. The predicted molar refractivity (Wildman–Crippen MR) is 115 cm³/mol. The lowest BCUT2D eigenvalue weighted by Gasteiger charge is -2.13. The third kappa shape index (κ3) is 5.37. The summed E-state index contributed by atoms with van der Waals surface area (Å²) in [5.41, 5.74) is 2.58. The van der Waals surface area contributed by atoms with E-state index in [1.807, 2.05) is 6.07 Å². The van der Waals surface area contributed by atoms with E-state index in [-0.39, 0.29) is 24.1 Å². The molecule has 152 valence electrons. The normalized spacial score (nSPS) is 10.7. The smallest absolute Gasteiger partial charge is 0.316 e. The summed E-state index contributed by atoms with van der Waals surface area (Å²) in [6.07, 6.45) is 0. The van der Waals surface area contributed by atoms with E-state index in [0.717, 1.165) is 16.4 Å². The van der Waals surface area contributed by atoms with Crippen molar-refractivity contribution in [3.05, 3.63) is 50.5 Å². The first kappa shape index (κ1) is 21.3. The number of carbonyl (C=O) groups is 2. The number of nitrogens with zero attached hydrogens (tertiary/aromatic N) is 2. The minimum absolute atomic E-state index is 0.0424. The molecule has 1 amide bonds. The fourth-order valence-corrected chi connectivity index (χ4v) is 4.19. The minimum atomic E-state index is -0.543. The third-order valence-electron chi connectivity index (χ3n) is 3.51. The van der Waals surface area contributed by atoms with Crippen LogP contribution in [0.3, 0.4) is 0 Å². The Morgan fingerprint density at radius 2 is 2.10 bits per heavy atom. The molecule has 11 heteroatoms. The van der Waals surface area contributed by atoms with Crippen molar-refractivity contribution in [1.82, 2.24) is 9.66 Å². The van der Waals surface area contributed by atoms with Gasteiger partial charge >= 0.3 is 5.97 Å². The van der Waals surface area contributed by atoms with Gasteiger partial charge in [0, 0.05) is 0 Å². The van der Waals surface area contributed by atoms with Crippen LogP contribution in [0.4, 0.5) is 0 Å². The number of carbonyl (C=O) groups excluding carboxylic acids is 2. The number of para-hydroxylation sites is 1. The molecule has 0 saturated carbocycles. The standard InChI is InChI=1S/C18H16BrN3O5S2/c1-2-26-15(24)10-29-18-20-12-7-8-28-16(12)17(25)22(18)21-14(23)9-27-13-6-4-3-5-11(13)19/h3-8H,2,9-10H2,1H3,(H,21,23). The van der Waals surface area contributed by atoms with E-state index >= 15 is 0 Å². The molecule has 0 aliphatic heterocycles. The summed E-state index contributed by atoms with van der Waals surface area (Å²) in [5.74, 6) is -0.524. The van der Waals surface area contributed by atoms with Crippen molar-refractivity contribution in [2.75, 3.05) is 24.4 Å². The van der Waals surface area contributed by atoms with Gasteiger partial charge in [-0.1, -0.05) is 23.9 Å². The summed E-state index contributed by atoms with van der Waals surface area (Å²) in [6, 6.07) is 8.81. The van der Waals surface area contributed by atoms with E-state index in [2.05, 4.69) is 26.3 Å². The monoisotopic (exact) mass is 497 g/mol. The molecule has 0 fully saturated rings. The summed E-state index contributed by atoms with van der Waals surface area (Å²) >= 11 is 5.57. The number of fused-ring (bicyclic) bond motifs is 1. The number of hydrogen-bond acceptors (Lipinski definition) is 8. The molecule has 0 radical (unpaired) electrons. The maximum Gasteiger partial charge on any atom is 0.316 e. The van der Waals surface area contributed by atoms with E-state index in [1.54, 1.807) is 36.6 Å². The van der Waals surface area contributed by atoms with Gasteiger partial charge < -0.3 is 9.47 Å². The molecule has 2 aromatic heterocycles. The Morgan fingerprint density at radius 3 is 2.86 bits per heavy atom. The van der Waals surface area contributed by atoms with Crippen LogP contribution in [0.25, 0.3) is 10.2 Å². The molecule has 0 aliphatic rings. The molecule has 0 atom stereocenters. The van der Waals surface area contributed by atoms with Crippen LogP contribution in [0.2, 0.25) is 0 Å². The molecular formula is C18H16BrN3O5S2. The van der Waals surface area contributed by atoms with E-state index in [4.69, 9.17) is 9.47 Å². The van der Waals surface area contributed by atoms with Crippen LogP contribution >= 0.6 is 39.0 Å². The number of esters is 1. The third-order valence-corrected chi connectivity index (χ3v) is 5.96. The lowest BCUT2D eigenvalue weighted by atomic mass is 10.3. The number of thioether (sulfide) groups is 1. The molecule has 3 rings (SSSR count). The molecular weight excluding hydrogens is 482 g/mol. The Kier molecular flexibility index (Phi) is 7.29. The van der Waals surface area contributed by atoms with Gasteiger partial charge in [-0.2, -0.15) is 4.68 Å². The highest BCUT2D eigenvalue weighted by atomic mass is 79.9. The number of thiophene rings is 1. The van der Waals surface area contributed by atoms with Crippen LogP contribution < -0.4 is 15.7 Å². The molecule has 1 aromatic carbocycles. The van der Waals surface area contributed by atoms with Crippen molar-refractivity contribution >= 4 is 61.1 Å². The second kappa shape index (κ2) is 9.90. The van der Waals surface area contributed by atoms with Gasteiger partial charge in [0.25, 0.3) is 11.5 Å². The maximum atomic E-state index is 12.8. The number of aromatic nitrogens is 2. The molecule has 1 N–H and O–H groups in total. The summed E-state index contributed by atoms with van der Waals surface area (Å²) in [7, 11) is 0. The Balaban J connectivity index is 1.79. The molecule has 0 unspecified atom stereocenters. The first-order chi connectivity index (χ1) is 14.0. The first-order valence-corrected chi connectivity index (χ1v) is 11.1. The fraction of sp³-hybridized carbons (Fsp3) is 0.222. The van der Waals surface area contributed by atoms with Gasteiger partial charge in [0.05, 0.1) is 22.3 Å². The Bertz CT molecular complexity index is 1100. The van der Waals surface area contributed by atoms with Crippen molar-refractivity contribution in [3.8, 4) is 5.75 Å². The summed E-state index contributed by atoms with van der Waals surface area (Å²) in [5, 5.41) is 1.92. The maximum absolute atomic E-state index is 12.8. The molecule has 3 aromatic rings. The van der Waals surface area contributed by atoms with Gasteiger partial charge in [-0.15, -0.1) is 11.3 Å². The molecule has 2 heterocycles. The van der Waals surface area contributed by atoms with Crippen molar-refractivity contribution in [2.45, 2.75) is 12.1 Å². The van der Waals surface area contributed by atoms with Crippen LogP contribution in [-0.2, 0) is 14.3 Å². The zero-order chi connectivity index (χ0) is 20.8. The number of rotatable bonds is 8. The molecule has 8 nitrogen and oxygen atoms in total. The highest BCUT2D eigenvalue weighted by Gasteiger charge is 2.17. The molecule has 29 heavy (non-hydrogen) atoms. The summed E-state index contributed by atoms with van der Waals surface area (Å²) in [6.45, 7) is 1.66. The lowest BCUT2D eigenvalue weighted by molar-refractivity contribution is -0.139. The van der Waals surface area contributed by atoms with Crippen LogP contribution in [0, 0.1) is 0 Å². The lowest BCUT2D eigenvalue weighted by Crippen LogP contribution is -2.37. The van der Waals surface area contributed by atoms with Crippen LogP contribution in [0.5, 0.6) is 5.75 Å². The van der Waals surface area contributed by atoms with E-state index in [0.29, 0.717) is 20.4 Å². The van der Waals surface area contributed by atoms with Gasteiger partial charge in [0.2, 0.25) is 0 Å². The minimum Gasteiger partial charge on any atom is -0.483 e. The molecule has 0 bridgehead atoms. The summed E-state index contributed by atoms with van der Waals surface area (Å²) in [4.78, 5) is 41.2.